The Kier molecular flexibility index (Phi) is 7.85. The fourth-order valence-electron chi connectivity index (χ4n) is 3.99. The number of carboxylic acids is 1. The van der Waals surface area contributed by atoms with Gasteiger partial charge in [0.25, 0.3) is 0 Å². The summed E-state index contributed by atoms with van der Waals surface area (Å²) in [6, 6.07) is 16.5. The highest BCUT2D eigenvalue weighted by Gasteiger charge is 2.38. The Hall–Kier alpha value is -3.51. The quantitative estimate of drug-likeness (QED) is 0.402. The standard InChI is InChI=1S/C22H23N5OS.C2HF3O2/c1-28-18-5-2-4-16(14-18)15-26-11-9-17(10-12-26)22-24-23-21-8-7-19(25-27(21)22)20-6-3-13-29-20;3-2(4,5)1(6)7/h2-8,13-14,17H,9-12,15H2,1H3;(H,6,7). The first-order valence-electron chi connectivity index (χ1n) is 11.2. The number of alkyl halides is 3. The zero-order valence-corrected chi connectivity index (χ0v) is 20.2. The molecule has 36 heavy (non-hydrogen) atoms. The molecular weight excluding hydrogens is 495 g/mol. The highest BCUT2D eigenvalue weighted by atomic mass is 32.1. The van der Waals surface area contributed by atoms with Crippen molar-refractivity contribution in [3.63, 3.8) is 0 Å². The van der Waals surface area contributed by atoms with Gasteiger partial charge in [-0.2, -0.15) is 22.8 Å². The first-order valence-corrected chi connectivity index (χ1v) is 12.0. The molecule has 190 valence electrons. The summed E-state index contributed by atoms with van der Waals surface area (Å²) in [4.78, 5) is 12.6. The van der Waals surface area contributed by atoms with Crippen LogP contribution in [0.2, 0.25) is 0 Å². The van der Waals surface area contributed by atoms with Gasteiger partial charge < -0.3 is 9.84 Å². The first kappa shape index (κ1) is 25.6. The lowest BCUT2D eigenvalue weighted by Gasteiger charge is -2.31. The fraction of sp³-hybridized carbons (Fsp3) is 0.333. The normalized spacial score (nSPS) is 14.9. The van der Waals surface area contributed by atoms with Crippen molar-refractivity contribution in [3.8, 4) is 16.3 Å². The van der Waals surface area contributed by atoms with Crippen LogP contribution < -0.4 is 4.74 Å². The Bertz CT molecular complexity index is 1300. The smallest absolute Gasteiger partial charge is 0.490 e. The van der Waals surface area contributed by atoms with E-state index < -0.39 is 12.1 Å². The molecule has 12 heteroatoms. The molecule has 1 saturated heterocycles. The summed E-state index contributed by atoms with van der Waals surface area (Å²) in [6.07, 6.45) is -2.95. The zero-order valence-electron chi connectivity index (χ0n) is 19.4. The SMILES string of the molecule is COc1cccc(CN2CCC(c3nnc4ccc(-c5cccs5)nn34)CC2)c1.O=C(O)C(F)(F)F. The van der Waals surface area contributed by atoms with Crippen molar-refractivity contribution in [2.24, 2.45) is 0 Å². The number of nitrogens with zero attached hydrogens (tertiary/aromatic N) is 5. The van der Waals surface area contributed by atoms with Crippen LogP contribution in [0.3, 0.4) is 0 Å². The maximum atomic E-state index is 10.6. The molecule has 0 radical (unpaired) electrons. The third-order valence-electron chi connectivity index (χ3n) is 5.80. The first-order chi connectivity index (χ1) is 17.2. The number of thiophene rings is 1. The number of carbonyl (C=O) groups is 1. The topological polar surface area (TPSA) is 92.9 Å². The number of rotatable bonds is 5. The molecule has 5 rings (SSSR count). The molecule has 3 aromatic heterocycles. The van der Waals surface area contributed by atoms with E-state index in [-0.39, 0.29) is 0 Å². The molecule has 0 saturated carbocycles. The van der Waals surface area contributed by atoms with Crippen LogP contribution in [0.25, 0.3) is 16.2 Å². The molecule has 1 aromatic carbocycles. The number of fused-ring (bicyclic) bond motifs is 1. The third kappa shape index (κ3) is 6.18. The molecule has 1 N–H and O–H groups in total. The highest BCUT2D eigenvalue weighted by molar-refractivity contribution is 7.13. The molecule has 0 spiro atoms. The van der Waals surface area contributed by atoms with Gasteiger partial charge in [0.1, 0.15) is 11.4 Å². The van der Waals surface area contributed by atoms with E-state index in [1.165, 1.54) is 10.4 Å². The minimum atomic E-state index is -5.08. The second-order valence-electron chi connectivity index (χ2n) is 8.23. The molecule has 0 amide bonds. The summed E-state index contributed by atoms with van der Waals surface area (Å²) >= 11 is 1.70. The van der Waals surface area contributed by atoms with E-state index in [0.29, 0.717) is 5.92 Å². The molecule has 1 aliphatic heterocycles. The van der Waals surface area contributed by atoms with E-state index in [9.17, 15) is 13.2 Å². The Morgan fingerprint density at radius 1 is 1.14 bits per heavy atom. The van der Waals surface area contributed by atoms with Crippen molar-refractivity contribution < 1.29 is 27.8 Å². The summed E-state index contributed by atoms with van der Waals surface area (Å²) in [6.45, 7) is 3.04. The largest absolute Gasteiger partial charge is 0.497 e. The predicted molar refractivity (Wildman–Crippen MR) is 128 cm³/mol. The van der Waals surface area contributed by atoms with E-state index in [4.69, 9.17) is 19.7 Å². The minimum Gasteiger partial charge on any atom is -0.497 e. The summed E-state index contributed by atoms with van der Waals surface area (Å²) in [7, 11) is 1.71. The molecule has 4 aromatic rings. The van der Waals surface area contributed by atoms with Gasteiger partial charge in [0, 0.05) is 12.5 Å². The third-order valence-corrected chi connectivity index (χ3v) is 6.69. The number of carboxylic acid groups (broad SMARTS) is 1. The van der Waals surface area contributed by atoms with E-state index >= 15 is 0 Å². The zero-order chi connectivity index (χ0) is 25.7. The Labute approximate surface area is 209 Å². The van der Waals surface area contributed by atoms with E-state index in [1.54, 1.807) is 18.4 Å². The van der Waals surface area contributed by atoms with Crippen LogP contribution in [0.1, 0.15) is 30.1 Å². The van der Waals surface area contributed by atoms with Crippen molar-refractivity contribution in [2.75, 3.05) is 20.2 Å². The molecule has 0 bridgehead atoms. The van der Waals surface area contributed by atoms with E-state index in [1.807, 2.05) is 22.7 Å². The van der Waals surface area contributed by atoms with Gasteiger partial charge in [-0.05, 0) is 67.2 Å². The summed E-state index contributed by atoms with van der Waals surface area (Å²) in [5.74, 6) is -0.468. The van der Waals surface area contributed by atoms with Gasteiger partial charge in [0.2, 0.25) is 0 Å². The number of hydrogen-bond acceptors (Lipinski definition) is 7. The van der Waals surface area contributed by atoms with Gasteiger partial charge in [-0.3, -0.25) is 4.90 Å². The van der Waals surface area contributed by atoms with Crippen LogP contribution in [0.15, 0.2) is 53.9 Å². The van der Waals surface area contributed by atoms with Crippen LogP contribution in [0, 0.1) is 0 Å². The Morgan fingerprint density at radius 3 is 2.53 bits per heavy atom. The molecule has 1 fully saturated rings. The van der Waals surface area contributed by atoms with Crippen molar-refractivity contribution in [1.29, 1.82) is 0 Å². The van der Waals surface area contributed by atoms with Gasteiger partial charge in [0.15, 0.2) is 11.5 Å². The van der Waals surface area contributed by atoms with Crippen LogP contribution in [-0.4, -0.2) is 62.2 Å². The highest BCUT2D eigenvalue weighted by Crippen LogP contribution is 2.29. The molecule has 4 heterocycles. The number of hydrogen-bond donors (Lipinski definition) is 1. The lowest BCUT2D eigenvalue weighted by molar-refractivity contribution is -0.192. The number of halogens is 3. The van der Waals surface area contributed by atoms with Crippen molar-refractivity contribution in [1.82, 2.24) is 24.7 Å². The second kappa shape index (κ2) is 11.0. The Balaban J connectivity index is 0.000000384. The average Bonchev–Trinajstić information content (AvgIpc) is 3.55. The number of piperidine rings is 1. The van der Waals surface area contributed by atoms with Crippen LogP contribution in [0.4, 0.5) is 13.2 Å². The monoisotopic (exact) mass is 519 g/mol. The lowest BCUT2D eigenvalue weighted by Crippen LogP contribution is -2.33. The number of ether oxygens (including phenoxy) is 1. The van der Waals surface area contributed by atoms with Gasteiger partial charge in [0.05, 0.1) is 12.0 Å². The van der Waals surface area contributed by atoms with Crippen LogP contribution >= 0.6 is 11.3 Å². The van der Waals surface area contributed by atoms with Gasteiger partial charge in [-0.1, -0.05) is 18.2 Å². The van der Waals surface area contributed by atoms with Crippen LogP contribution in [-0.2, 0) is 11.3 Å². The Morgan fingerprint density at radius 2 is 1.89 bits per heavy atom. The van der Waals surface area contributed by atoms with Gasteiger partial charge in [-0.25, -0.2) is 4.79 Å². The van der Waals surface area contributed by atoms with Crippen molar-refractivity contribution in [3.05, 3.63) is 65.3 Å². The maximum absolute atomic E-state index is 10.6. The molecular formula is C24H24F3N5O3S. The summed E-state index contributed by atoms with van der Waals surface area (Å²) in [5.41, 5.74) is 3.08. The molecule has 1 aliphatic rings. The van der Waals surface area contributed by atoms with Crippen molar-refractivity contribution >= 4 is 23.0 Å². The number of methoxy groups -OCH3 is 1. The number of aromatic nitrogens is 4. The second-order valence-corrected chi connectivity index (χ2v) is 9.18. The van der Waals surface area contributed by atoms with Crippen LogP contribution in [0.5, 0.6) is 5.75 Å². The van der Waals surface area contributed by atoms with Gasteiger partial charge >= 0.3 is 12.1 Å². The predicted octanol–water partition coefficient (Wildman–Crippen LogP) is 4.87. The minimum absolute atomic E-state index is 0.387. The van der Waals surface area contributed by atoms with E-state index in [2.05, 4.69) is 50.8 Å². The molecule has 0 atom stereocenters. The number of aliphatic carboxylic acids is 1. The van der Waals surface area contributed by atoms with E-state index in [0.717, 1.165) is 55.4 Å². The van der Waals surface area contributed by atoms with Crippen molar-refractivity contribution in [2.45, 2.75) is 31.5 Å². The number of likely N-dealkylation sites (tertiary alicyclic amines) is 1. The summed E-state index contributed by atoms with van der Waals surface area (Å²) < 4.78 is 39.0. The fourth-order valence-corrected chi connectivity index (χ4v) is 4.68. The molecule has 8 nitrogen and oxygen atoms in total. The molecule has 0 unspecified atom stereocenters. The summed E-state index contributed by atoms with van der Waals surface area (Å²) in [5, 5.41) is 22.9. The maximum Gasteiger partial charge on any atom is 0.490 e. The van der Waals surface area contributed by atoms with Gasteiger partial charge in [-0.15, -0.1) is 21.5 Å². The lowest BCUT2D eigenvalue weighted by atomic mass is 9.95. The number of benzene rings is 1. The average molecular weight is 520 g/mol. The molecule has 0 aliphatic carbocycles.